The van der Waals surface area contributed by atoms with Gasteiger partial charge in [-0.1, -0.05) is 11.3 Å². The van der Waals surface area contributed by atoms with Crippen molar-refractivity contribution in [2.24, 2.45) is 0 Å². The smallest absolute Gasteiger partial charge is 0.355 e. The number of ether oxygens (including phenoxy) is 1. The number of rotatable bonds is 2. The summed E-state index contributed by atoms with van der Waals surface area (Å²) >= 11 is 1.19. The van der Waals surface area contributed by atoms with Crippen molar-refractivity contribution in [1.82, 2.24) is 4.98 Å². The zero-order chi connectivity index (χ0) is 10.1. The highest BCUT2D eigenvalue weighted by Crippen LogP contribution is 2.22. The van der Waals surface area contributed by atoms with E-state index in [1.54, 1.807) is 0 Å². The monoisotopic (exact) mass is 201 g/mol. The average Bonchev–Trinajstić information content (AvgIpc) is 2.31. The van der Waals surface area contributed by atoms with Crippen LogP contribution in [0.5, 0.6) is 5.19 Å². The van der Waals surface area contributed by atoms with Crippen molar-refractivity contribution in [3.8, 4) is 5.19 Å². The van der Waals surface area contributed by atoms with Gasteiger partial charge < -0.3 is 9.84 Å². The number of thiazole rings is 1. The molecule has 5 heteroatoms. The van der Waals surface area contributed by atoms with Gasteiger partial charge in [-0.3, -0.25) is 0 Å². The van der Waals surface area contributed by atoms with Gasteiger partial charge in [-0.05, 0) is 20.8 Å². The lowest BCUT2D eigenvalue weighted by molar-refractivity contribution is 0.0687. The fourth-order valence-corrected chi connectivity index (χ4v) is 1.48. The summed E-state index contributed by atoms with van der Waals surface area (Å²) in [6.07, 6.45) is 0. The van der Waals surface area contributed by atoms with Gasteiger partial charge in [0, 0.05) is 5.38 Å². The van der Waals surface area contributed by atoms with Gasteiger partial charge in [-0.2, -0.15) is 4.98 Å². The fraction of sp³-hybridized carbons (Fsp3) is 0.500. The fourth-order valence-electron chi connectivity index (χ4n) is 0.664. The highest BCUT2D eigenvalue weighted by molar-refractivity contribution is 7.11. The minimum atomic E-state index is -1.03. The molecule has 0 atom stereocenters. The number of aromatic carboxylic acids is 1. The molecule has 1 rings (SSSR count). The molecule has 0 saturated heterocycles. The van der Waals surface area contributed by atoms with E-state index in [1.165, 1.54) is 16.7 Å². The largest absolute Gasteiger partial charge is 0.476 e. The van der Waals surface area contributed by atoms with Gasteiger partial charge in [0.1, 0.15) is 5.60 Å². The number of hydrogen-bond acceptors (Lipinski definition) is 4. The van der Waals surface area contributed by atoms with Crippen LogP contribution in [-0.4, -0.2) is 21.7 Å². The number of nitrogens with zero attached hydrogens (tertiary/aromatic N) is 1. The SMILES string of the molecule is CC(C)(C)Oc1nc(C(=O)O)cs1. The van der Waals surface area contributed by atoms with Crippen molar-refractivity contribution in [1.29, 1.82) is 0 Å². The molecule has 0 aliphatic rings. The van der Waals surface area contributed by atoms with Gasteiger partial charge in [0.25, 0.3) is 5.19 Å². The predicted molar refractivity (Wildman–Crippen MR) is 49.5 cm³/mol. The van der Waals surface area contributed by atoms with E-state index >= 15 is 0 Å². The third-order valence-corrected chi connectivity index (χ3v) is 1.81. The van der Waals surface area contributed by atoms with E-state index in [4.69, 9.17) is 9.84 Å². The summed E-state index contributed by atoms with van der Waals surface area (Å²) in [4.78, 5) is 14.3. The van der Waals surface area contributed by atoms with Gasteiger partial charge in [-0.15, -0.1) is 0 Å². The number of hydrogen-bond donors (Lipinski definition) is 1. The first kappa shape index (κ1) is 9.98. The van der Waals surface area contributed by atoms with Crippen molar-refractivity contribution < 1.29 is 14.6 Å². The normalized spacial score (nSPS) is 11.3. The lowest BCUT2D eigenvalue weighted by Gasteiger charge is -2.18. The molecule has 0 amide bonds. The van der Waals surface area contributed by atoms with E-state index in [9.17, 15) is 4.79 Å². The van der Waals surface area contributed by atoms with Gasteiger partial charge in [-0.25, -0.2) is 4.79 Å². The van der Waals surface area contributed by atoms with Crippen LogP contribution in [0.25, 0.3) is 0 Å². The minimum Gasteiger partial charge on any atom is -0.476 e. The Morgan fingerprint density at radius 2 is 2.23 bits per heavy atom. The topological polar surface area (TPSA) is 59.4 Å². The van der Waals surface area contributed by atoms with Gasteiger partial charge >= 0.3 is 5.97 Å². The summed E-state index contributed by atoms with van der Waals surface area (Å²) in [7, 11) is 0. The molecule has 0 saturated carbocycles. The van der Waals surface area contributed by atoms with Crippen LogP contribution in [0.1, 0.15) is 31.3 Å². The molecule has 1 aromatic rings. The molecule has 4 nitrogen and oxygen atoms in total. The Labute approximate surface area is 80.2 Å². The molecule has 0 aliphatic heterocycles. The van der Waals surface area contributed by atoms with E-state index in [0.29, 0.717) is 5.19 Å². The summed E-state index contributed by atoms with van der Waals surface area (Å²) in [5, 5.41) is 10.4. The molecule has 0 spiro atoms. The summed E-state index contributed by atoms with van der Waals surface area (Å²) in [6, 6.07) is 0. The Morgan fingerprint density at radius 1 is 1.62 bits per heavy atom. The molecule has 0 bridgehead atoms. The standard InChI is InChI=1S/C8H11NO3S/c1-8(2,3)12-7-9-5(4-13-7)6(10)11/h4H,1-3H3,(H,10,11). The molecule has 1 aromatic heterocycles. The van der Waals surface area contributed by atoms with Crippen molar-refractivity contribution in [2.75, 3.05) is 0 Å². The Balaban J connectivity index is 2.75. The van der Waals surface area contributed by atoms with Crippen LogP contribution in [-0.2, 0) is 0 Å². The zero-order valence-corrected chi connectivity index (χ0v) is 8.51. The van der Waals surface area contributed by atoms with Crippen molar-refractivity contribution in [2.45, 2.75) is 26.4 Å². The maximum absolute atomic E-state index is 10.5. The molecular formula is C8H11NO3S. The third kappa shape index (κ3) is 3.02. The van der Waals surface area contributed by atoms with Crippen LogP contribution in [0.15, 0.2) is 5.38 Å². The minimum absolute atomic E-state index is 0.0317. The van der Waals surface area contributed by atoms with E-state index in [-0.39, 0.29) is 11.3 Å². The molecule has 13 heavy (non-hydrogen) atoms. The summed E-state index contributed by atoms with van der Waals surface area (Å²) in [5.74, 6) is -1.03. The first-order chi connectivity index (χ1) is 5.88. The van der Waals surface area contributed by atoms with Gasteiger partial charge in [0.2, 0.25) is 0 Å². The number of carbonyl (C=O) groups is 1. The lowest BCUT2D eigenvalue weighted by Crippen LogP contribution is -2.22. The molecule has 0 aliphatic carbocycles. The summed E-state index contributed by atoms with van der Waals surface area (Å²) in [6.45, 7) is 5.65. The maximum Gasteiger partial charge on any atom is 0.355 e. The number of carboxylic acid groups (broad SMARTS) is 1. The first-order valence-electron chi connectivity index (χ1n) is 3.76. The van der Waals surface area contributed by atoms with Crippen LogP contribution in [0.4, 0.5) is 0 Å². The second-order valence-electron chi connectivity index (χ2n) is 3.52. The highest BCUT2D eigenvalue weighted by Gasteiger charge is 2.16. The van der Waals surface area contributed by atoms with E-state index in [0.717, 1.165) is 0 Å². The van der Waals surface area contributed by atoms with Crippen LogP contribution >= 0.6 is 11.3 Å². The molecule has 1 N–H and O–H groups in total. The molecule has 72 valence electrons. The molecule has 1 heterocycles. The second-order valence-corrected chi connectivity index (χ2v) is 4.34. The molecule has 0 fully saturated rings. The quantitative estimate of drug-likeness (QED) is 0.795. The Kier molecular flexibility index (Phi) is 2.56. The van der Waals surface area contributed by atoms with Crippen molar-refractivity contribution >= 4 is 17.3 Å². The third-order valence-electron chi connectivity index (χ3n) is 1.10. The Morgan fingerprint density at radius 3 is 2.62 bits per heavy atom. The van der Waals surface area contributed by atoms with Crippen LogP contribution in [0.3, 0.4) is 0 Å². The second kappa shape index (κ2) is 3.33. The van der Waals surface area contributed by atoms with Crippen LogP contribution in [0.2, 0.25) is 0 Å². The molecular weight excluding hydrogens is 190 g/mol. The maximum atomic E-state index is 10.5. The molecule has 0 radical (unpaired) electrons. The van der Waals surface area contributed by atoms with Crippen LogP contribution in [0, 0.1) is 0 Å². The van der Waals surface area contributed by atoms with Crippen LogP contribution < -0.4 is 4.74 Å². The van der Waals surface area contributed by atoms with Gasteiger partial charge in [0.05, 0.1) is 0 Å². The average molecular weight is 201 g/mol. The molecule has 0 unspecified atom stereocenters. The lowest BCUT2D eigenvalue weighted by atomic mass is 10.2. The molecule has 0 aromatic carbocycles. The van der Waals surface area contributed by atoms with E-state index < -0.39 is 5.97 Å². The van der Waals surface area contributed by atoms with Crippen molar-refractivity contribution in [3.63, 3.8) is 0 Å². The highest BCUT2D eigenvalue weighted by atomic mass is 32.1. The first-order valence-corrected chi connectivity index (χ1v) is 4.64. The summed E-state index contributed by atoms with van der Waals surface area (Å²) < 4.78 is 5.38. The zero-order valence-electron chi connectivity index (χ0n) is 7.70. The van der Waals surface area contributed by atoms with Gasteiger partial charge in [0.15, 0.2) is 5.69 Å². The van der Waals surface area contributed by atoms with Crippen molar-refractivity contribution in [3.05, 3.63) is 11.1 Å². The number of aromatic nitrogens is 1. The number of carboxylic acids is 1. The Hall–Kier alpha value is -1.10. The Bertz CT molecular complexity index is 313. The predicted octanol–water partition coefficient (Wildman–Crippen LogP) is 2.02. The van der Waals surface area contributed by atoms with E-state index in [2.05, 4.69) is 4.98 Å². The van der Waals surface area contributed by atoms with E-state index in [1.807, 2.05) is 20.8 Å². The summed E-state index contributed by atoms with van der Waals surface area (Å²) in [5.41, 5.74) is -0.308.